The molecule has 2 aromatic rings. The standard InChI is InChI=1S/C18H14O7/c19-15-11-22-18(14-9-5-2-6-10-14)23-17(15,24-25-18)12-21-16(20)13-7-3-1-4-8-13/h1-10H,11-12H2. The Hall–Kier alpha value is -2.58. The minimum absolute atomic E-state index is 0.294. The molecule has 0 amide bonds. The minimum atomic E-state index is -1.85. The van der Waals surface area contributed by atoms with Gasteiger partial charge in [0, 0.05) is 5.56 Å². The second-order valence-corrected chi connectivity index (χ2v) is 5.60. The number of ether oxygens (including phenoxy) is 3. The van der Waals surface area contributed by atoms with Crippen LogP contribution < -0.4 is 0 Å². The molecule has 2 unspecified atom stereocenters. The summed E-state index contributed by atoms with van der Waals surface area (Å²) in [6, 6.07) is 17.2. The van der Waals surface area contributed by atoms with Gasteiger partial charge in [-0.2, -0.15) is 9.78 Å². The van der Waals surface area contributed by atoms with Crippen LogP contribution in [-0.2, 0) is 34.8 Å². The van der Waals surface area contributed by atoms with Gasteiger partial charge < -0.3 is 9.47 Å². The monoisotopic (exact) mass is 342 g/mol. The molecule has 7 heteroatoms. The topological polar surface area (TPSA) is 80.3 Å². The lowest BCUT2D eigenvalue weighted by Crippen LogP contribution is -2.53. The maximum atomic E-state index is 12.3. The van der Waals surface area contributed by atoms with Gasteiger partial charge in [-0.3, -0.25) is 9.53 Å². The molecule has 0 saturated carbocycles. The van der Waals surface area contributed by atoms with Crippen molar-refractivity contribution in [1.29, 1.82) is 0 Å². The predicted octanol–water partition coefficient (Wildman–Crippen LogP) is 1.93. The van der Waals surface area contributed by atoms with Gasteiger partial charge in [0.1, 0.15) is 6.61 Å². The fourth-order valence-electron chi connectivity index (χ4n) is 2.59. The van der Waals surface area contributed by atoms with Crippen molar-refractivity contribution < 1.29 is 33.6 Å². The molecular formula is C18H14O7. The molecule has 2 aliphatic rings. The van der Waals surface area contributed by atoms with Crippen molar-refractivity contribution in [3.63, 3.8) is 0 Å². The third-order valence-corrected chi connectivity index (χ3v) is 3.93. The number of hydrogen-bond acceptors (Lipinski definition) is 7. The van der Waals surface area contributed by atoms with Gasteiger partial charge in [-0.1, -0.05) is 48.5 Å². The molecule has 2 saturated heterocycles. The summed E-state index contributed by atoms with van der Waals surface area (Å²) in [5, 5.41) is 0. The quantitative estimate of drug-likeness (QED) is 0.620. The lowest BCUT2D eigenvalue weighted by atomic mass is 10.1. The molecule has 2 heterocycles. The van der Waals surface area contributed by atoms with E-state index in [1.165, 1.54) is 0 Å². The Balaban J connectivity index is 1.53. The van der Waals surface area contributed by atoms with Crippen LogP contribution in [0, 0.1) is 0 Å². The molecule has 25 heavy (non-hydrogen) atoms. The van der Waals surface area contributed by atoms with Crippen molar-refractivity contribution in [2.24, 2.45) is 0 Å². The molecule has 2 aliphatic heterocycles. The zero-order valence-corrected chi connectivity index (χ0v) is 13.0. The Labute approximate surface area is 142 Å². The number of ketones is 1. The van der Waals surface area contributed by atoms with E-state index >= 15 is 0 Å². The summed E-state index contributed by atoms with van der Waals surface area (Å²) in [6.07, 6.45) is 0. The van der Waals surface area contributed by atoms with Crippen molar-refractivity contribution in [2.45, 2.75) is 11.8 Å². The molecule has 0 spiro atoms. The molecule has 2 fully saturated rings. The summed E-state index contributed by atoms with van der Waals surface area (Å²) in [4.78, 5) is 34.7. The molecule has 0 N–H and O–H groups in total. The molecule has 0 aromatic heterocycles. The lowest BCUT2D eigenvalue weighted by Gasteiger charge is -2.32. The summed E-state index contributed by atoms with van der Waals surface area (Å²) < 4.78 is 16.3. The van der Waals surface area contributed by atoms with E-state index in [4.69, 9.17) is 24.0 Å². The van der Waals surface area contributed by atoms with Gasteiger partial charge in [0.05, 0.1) is 5.56 Å². The van der Waals surface area contributed by atoms with Crippen molar-refractivity contribution in [2.75, 3.05) is 13.2 Å². The highest BCUT2D eigenvalue weighted by Crippen LogP contribution is 2.45. The third-order valence-electron chi connectivity index (χ3n) is 3.93. The van der Waals surface area contributed by atoms with Crippen LogP contribution in [0.2, 0.25) is 0 Å². The smallest absolute Gasteiger partial charge is 0.343 e. The normalized spacial score (nSPS) is 27.9. The fourth-order valence-corrected chi connectivity index (χ4v) is 2.59. The minimum Gasteiger partial charge on any atom is -0.456 e. The van der Waals surface area contributed by atoms with Crippen LogP contribution in [0.5, 0.6) is 0 Å². The zero-order chi connectivity index (χ0) is 17.3. The van der Waals surface area contributed by atoms with Gasteiger partial charge in [0.15, 0.2) is 6.61 Å². The van der Waals surface area contributed by atoms with Crippen LogP contribution in [0.4, 0.5) is 0 Å². The van der Waals surface area contributed by atoms with Gasteiger partial charge in [0.2, 0.25) is 5.78 Å². The Morgan fingerprint density at radius 3 is 2.40 bits per heavy atom. The maximum Gasteiger partial charge on any atom is 0.343 e. The van der Waals surface area contributed by atoms with Gasteiger partial charge >= 0.3 is 17.7 Å². The average molecular weight is 342 g/mol. The molecule has 0 radical (unpaired) electrons. The fraction of sp³-hybridized carbons (Fsp3) is 0.222. The van der Waals surface area contributed by atoms with Crippen LogP contribution >= 0.6 is 0 Å². The number of hydrogen-bond donors (Lipinski definition) is 0. The van der Waals surface area contributed by atoms with Crippen molar-refractivity contribution in [3.05, 3.63) is 71.8 Å². The molecular weight excluding hydrogens is 328 g/mol. The van der Waals surface area contributed by atoms with E-state index in [0.717, 1.165) is 0 Å². The summed E-state index contributed by atoms with van der Waals surface area (Å²) in [5.74, 6) is -4.64. The van der Waals surface area contributed by atoms with Gasteiger partial charge in [0.25, 0.3) is 0 Å². The number of rotatable bonds is 4. The highest BCUT2D eigenvalue weighted by atomic mass is 17.3. The van der Waals surface area contributed by atoms with Crippen molar-refractivity contribution in [3.8, 4) is 0 Å². The highest BCUT2D eigenvalue weighted by molar-refractivity contribution is 5.91. The number of esters is 1. The molecule has 0 aliphatic carbocycles. The van der Waals surface area contributed by atoms with E-state index in [1.807, 2.05) is 6.07 Å². The van der Waals surface area contributed by atoms with Crippen LogP contribution in [0.15, 0.2) is 60.7 Å². The molecule has 4 rings (SSSR count). The maximum absolute atomic E-state index is 12.3. The summed E-state index contributed by atoms with van der Waals surface area (Å²) in [7, 11) is 0. The first kappa shape index (κ1) is 15.9. The van der Waals surface area contributed by atoms with Gasteiger partial charge in [-0.15, -0.1) is 0 Å². The molecule has 2 bridgehead atoms. The van der Waals surface area contributed by atoms with Crippen molar-refractivity contribution in [1.82, 2.24) is 0 Å². The van der Waals surface area contributed by atoms with E-state index < -0.39 is 30.1 Å². The lowest BCUT2D eigenvalue weighted by molar-refractivity contribution is -0.420. The SMILES string of the molecule is O=C(OCC12OOC(c3ccccc3)(OCC1=O)O2)c1ccccc1. The third kappa shape index (κ3) is 2.73. The Kier molecular flexibility index (Phi) is 3.85. The molecule has 2 aromatic carbocycles. The van der Waals surface area contributed by atoms with E-state index in [1.54, 1.807) is 54.6 Å². The molecule has 7 nitrogen and oxygen atoms in total. The Bertz CT molecular complexity index is 792. The summed E-state index contributed by atoms with van der Waals surface area (Å²) >= 11 is 0. The molecule has 128 valence electrons. The first-order valence-electron chi connectivity index (χ1n) is 7.66. The van der Waals surface area contributed by atoms with Crippen molar-refractivity contribution >= 4 is 11.8 Å². The number of benzene rings is 2. The van der Waals surface area contributed by atoms with E-state index in [9.17, 15) is 9.59 Å². The van der Waals surface area contributed by atoms with E-state index in [-0.39, 0.29) is 6.61 Å². The average Bonchev–Trinajstić information content (AvgIpc) is 3.01. The first-order valence-corrected chi connectivity index (χ1v) is 7.66. The number of carbonyl (C=O) groups excluding carboxylic acids is 2. The number of carbonyl (C=O) groups is 2. The zero-order valence-electron chi connectivity index (χ0n) is 13.0. The van der Waals surface area contributed by atoms with Crippen LogP contribution in [0.25, 0.3) is 0 Å². The number of Topliss-reactive ketones (excluding diaryl/α,β-unsaturated/α-hetero) is 1. The van der Waals surface area contributed by atoms with Crippen LogP contribution in [-0.4, -0.2) is 30.8 Å². The van der Waals surface area contributed by atoms with Gasteiger partial charge in [-0.25, -0.2) is 4.79 Å². The summed E-state index contributed by atoms with van der Waals surface area (Å²) in [5.41, 5.74) is 0.880. The molecule has 2 atom stereocenters. The predicted molar refractivity (Wildman–Crippen MR) is 81.8 cm³/mol. The van der Waals surface area contributed by atoms with Gasteiger partial charge in [-0.05, 0) is 12.1 Å². The van der Waals surface area contributed by atoms with E-state index in [2.05, 4.69) is 0 Å². The van der Waals surface area contributed by atoms with Crippen LogP contribution in [0.1, 0.15) is 15.9 Å². The summed E-state index contributed by atoms with van der Waals surface area (Å²) in [6.45, 7) is -0.741. The Morgan fingerprint density at radius 2 is 1.68 bits per heavy atom. The van der Waals surface area contributed by atoms with Crippen LogP contribution in [0.3, 0.4) is 0 Å². The largest absolute Gasteiger partial charge is 0.456 e. The Morgan fingerprint density at radius 1 is 1.00 bits per heavy atom. The second kappa shape index (κ2) is 6.05. The highest BCUT2D eigenvalue weighted by Gasteiger charge is 2.64. The number of fused-ring (bicyclic) bond motifs is 2. The first-order chi connectivity index (χ1) is 12.1. The second-order valence-electron chi connectivity index (χ2n) is 5.60. The van der Waals surface area contributed by atoms with E-state index in [0.29, 0.717) is 11.1 Å².